The van der Waals surface area contributed by atoms with Crippen molar-refractivity contribution in [2.45, 2.75) is 39.2 Å². The quantitative estimate of drug-likeness (QED) is 0.206. The maximum absolute atomic E-state index is 13.2. The molecule has 7 heteroatoms. The third-order valence-electron chi connectivity index (χ3n) is 5.96. The summed E-state index contributed by atoms with van der Waals surface area (Å²) in [5.74, 6) is -0.149. The van der Waals surface area contributed by atoms with Gasteiger partial charge in [-0.2, -0.15) is 0 Å². The number of nitrogens with zero attached hydrogens (tertiary/aromatic N) is 2. The third-order valence-corrected chi connectivity index (χ3v) is 5.96. The molecule has 0 aromatic heterocycles. The lowest BCUT2D eigenvalue weighted by Crippen LogP contribution is -2.35. The Morgan fingerprint density at radius 3 is 2.40 bits per heavy atom. The summed E-state index contributed by atoms with van der Waals surface area (Å²) in [7, 11) is 3.83. The highest BCUT2D eigenvalue weighted by molar-refractivity contribution is 6.46. The van der Waals surface area contributed by atoms with Crippen LogP contribution in [0, 0.1) is 0 Å². The van der Waals surface area contributed by atoms with Crippen molar-refractivity contribution in [3.63, 3.8) is 0 Å². The number of amides is 1. The largest absolute Gasteiger partial charge is 0.507 e. The number of benzene rings is 2. The maximum atomic E-state index is 13.2. The van der Waals surface area contributed by atoms with Gasteiger partial charge in [0.15, 0.2) is 0 Å². The summed E-state index contributed by atoms with van der Waals surface area (Å²) in [6.45, 7) is 6.10. The van der Waals surface area contributed by atoms with Gasteiger partial charge in [0.2, 0.25) is 0 Å². The Balaban J connectivity index is 2.02. The number of likely N-dealkylation sites (tertiary alicyclic amines) is 1. The number of hydrogen-bond donors (Lipinski definition) is 1. The Bertz CT molecular complexity index is 1050. The number of rotatable bonds is 12. The monoisotopic (exact) mass is 480 g/mol. The van der Waals surface area contributed by atoms with Crippen molar-refractivity contribution in [1.29, 1.82) is 0 Å². The first-order valence-corrected chi connectivity index (χ1v) is 12.3. The molecule has 1 aliphatic heterocycles. The highest BCUT2D eigenvalue weighted by Gasteiger charge is 2.46. The van der Waals surface area contributed by atoms with Crippen molar-refractivity contribution >= 4 is 17.4 Å². The number of Topliss-reactive ketones (excluding diaryl/α,β-unsaturated/α-hetero) is 1. The second-order valence-electron chi connectivity index (χ2n) is 8.88. The van der Waals surface area contributed by atoms with Crippen LogP contribution in [-0.4, -0.2) is 67.0 Å². The maximum Gasteiger partial charge on any atom is 0.295 e. The molecule has 0 bridgehead atoms. The molecule has 1 N–H and O–H groups in total. The zero-order valence-corrected chi connectivity index (χ0v) is 21.1. The van der Waals surface area contributed by atoms with Crippen LogP contribution >= 0.6 is 0 Å². The number of ketones is 1. The minimum Gasteiger partial charge on any atom is -0.507 e. The molecule has 1 fully saturated rings. The molecule has 0 radical (unpaired) electrons. The van der Waals surface area contributed by atoms with Crippen molar-refractivity contribution < 1.29 is 24.2 Å². The molecule has 35 heavy (non-hydrogen) atoms. The van der Waals surface area contributed by atoms with Gasteiger partial charge in [-0.3, -0.25) is 9.59 Å². The summed E-state index contributed by atoms with van der Waals surface area (Å²) in [4.78, 5) is 29.8. The zero-order valence-electron chi connectivity index (χ0n) is 21.1. The normalized spacial score (nSPS) is 17.3. The molecular formula is C28H36N2O5. The Kier molecular flexibility index (Phi) is 9.32. The first kappa shape index (κ1) is 26.3. The van der Waals surface area contributed by atoms with Gasteiger partial charge in [0.25, 0.3) is 11.7 Å². The van der Waals surface area contributed by atoms with Crippen LogP contribution in [0.3, 0.4) is 0 Å². The number of carbonyl (C=O) groups is 2. The van der Waals surface area contributed by atoms with E-state index in [9.17, 15) is 14.7 Å². The molecule has 1 aliphatic rings. The number of carbonyl (C=O) groups excluding carboxylic acids is 2. The van der Waals surface area contributed by atoms with Crippen LogP contribution in [0.1, 0.15) is 50.3 Å². The van der Waals surface area contributed by atoms with Crippen molar-refractivity contribution in [3.8, 4) is 11.5 Å². The van der Waals surface area contributed by atoms with Gasteiger partial charge in [0, 0.05) is 18.7 Å². The molecule has 1 unspecified atom stereocenters. The minimum absolute atomic E-state index is 0.0843. The van der Waals surface area contributed by atoms with Gasteiger partial charge >= 0.3 is 0 Å². The molecular weight excluding hydrogens is 444 g/mol. The second-order valence-corrected chi connectivity index (χ2v) is 8.88. The molecule has 3 rings (SSSR count). The summed E-state index contributed by atoms with van der Waals surface area (Å²) in [5.41, 5.74) is 1.26. The van der Waals surface area contributed by atoms with E-state index >= 15 is 0 Å². The lowest BCUT2D eigenvalue weighted by atomic mass is 9.95. The molecule has 1 atom stereocenters. The fraction of sp³-hybridized carbons (Fsp3) is 0.429. The number of ether oxygens (including phenoxy) is 2. The number of aliphatic hydroxyl groups excluding tert-OH is 1. The third kappa shape index (κ3) is 6.42. The van der Waals surface area contributed by atoms with Crippen LogP contribution in [0.15, 0.2) is 54.1 Å². The smallest absolute Gasteiger partial charge is 0.295 e. The summed E-state index contributed by atoms with van der Waals surface area (Å²) < 4.78 is 11.4. The van der Waals surface area contributed by atoms with Crippen molar-refractivity contribution in [1.82, 2.24) is 9.80 Å². The molecule has 0 spiro atoms. The summed E-state index contributed by atoms with van der Waals surface area (Å²) in [6, 6.07) is 13.6. The molecule has 188 valence electrons. The lowest BCUT2D eigenvalue weighted by Gasteiger charge is -2.27. The second kappa shape index (κ2) is 12.4. The average Bonchev–Trinajstić information content (AvgIpc) is 3.10. The predicted molar refractivity (Wildman–Crippen MR) is 137 cm³/mol. The van der Waals surface area contributed by atoms with E-state index in [1.165, 1.54) is 0 Å². The fourth-order valence-corrected chi connectivity index (χ4v) is 4.11. The summed E-state index contributed by atoms with van der Waals surface area (Å²) >= 11 is 0. The summed E-state index contributed by atoms with van der Waals surface area (Å²) in [5, 5.41) is 11.2. The first-order valence-electron chi connectivity index (χ1n) is 12.3. The molecule has 7 nitrogen and oxygen atoms in total. The van der Waals surface area contributed by atoms with E-state index in [2.05, 4.69) is 6.92 Å². The van der Waals surface area contributed by atoms with Gasteiger partial charge in [-0.1, -0.05) is 31.9 Å². The van der Waals surface area contributed by atoms with Crippen molar-refractivity contribution in [2.24, 2.45) is 0 Å². The molecule has 1 heterocycles. The molecule has 0 saturated carbocycles. The Hall–Kier alpha value is -3.32. The van der Waals surface area contributed by atoms with Crippen molar-refractivity contribution in [3.05, 3.63) is 65.2 Å². The van der Waals surface area contributed by atoms with Gasteiger partial charge in [0.1, 0.15) is 17.3 Å². The predicted octanol–water partition coefficient (Wildman–Crippen LogP) is 4.64. The zero-order chi connectivity index (χ0) is 25.4. The SMILES string of the molecule is CCCCCOc1cccc(C2/C(=C(\O)c3ccc(OCC)cc3)C(=O)C(=O)N2CCN(C)C)c1. The highest BCUT2D eigenvalue weighted by atomic mass is 16.5. The molecule has 0 aliphatic carbocycles. The van der Waals surface area contributed by atoms with Crippen LogP contribution in [0.2, 0.25) is 0 Å². The van der Waals surface area contributed by atoms with E-state index < -0.39 is 17.7 Å². The molecule has 2 aromatic rings. The van der Waals surface area contributed by atoms with E-state index in [1.807, 2.05) is 50.2 Å². The molecule has 1 amide bonds. The standard InChI is InChI=1S/C28H36N2O5/c1-5-7-8-18-35-23-11-9-10-21(19-23)25-24(27(32)28(33)30(25)17-16-29(3)4)26(31)20-12-14-22(15-13-20)34-6-2/h9-15,19,25,31H,5-8,16-18H2,1-4H3/b26-24+. The van der Waals surface area contributed by atoms with Crippen LogP contribution < -0.4 is 9.47 Å². The number of likely N-dealkylation sites (N-methyl/N-ethyl adjacent to an activating group) is 1. The van der Waals surface area contributed by atoms with Crippen LogP contribution in [0.25, 0.3) is 5.76 Å². The Labute approximate surface area is 207 Å². The van der Waals surface area contributed by atoms with Gasteiger partial charge in [-0.25, -0.2) is 0 Å². The van der Waals surface area contributed by atoms with E-state index in [0.717, 1.165) is 24.8 Å². The van der Waals surface area contributed by atoms with E-state index in [1.54, 1.807) is 29.2 Å². The Morgan fingerprint density at radius 1 is 1.00 bits per heavy atom. The first-order chi connectivity index (χ1) is 16.9. The van der Waals surface area contributed by atoms with Crippen LogP contribution in [-0.2, 0) is 9.59 Å². The highest BCUT2D eigenvalue weighted by Crippen LogP contribution is 2.40. The Morgan fingerprint density at radius 2 is 1.74 bits per heavy atom. The summed E-state index contributed by atoms with van der Waals surface area (Å²) in [6.07, 6.45) is 3.15. The van der Waals surface area contributed by atoms with E-state index in [4.69, 9.17) is 9.47 Å². The molecule has 1 saturated heterocycles. The number of hydrogen-bond acceptors (Lipinski definition) is 6. The lowest BCUT2D eigenvalue weighted by molar-refractivity contribution is -0.140. The topological polar surface area (TPSA) is 79.3 Å². The van der Waals surface area contributed by atoms with Crippen LogP contribution in [0.4, 0.5) is 0 Å². The van der Waals surface area contributed by atoms with Crippen LogP contribution in [0.5, 0.6) is 11.5 Å². The molecule has 2 aromatic carbocycles. The average molecular weight is 481 g/mol. The fourth-order valence-electron chi connectivity index (χ4n) is 4.11. The number of unbranched alkanes of at least 4 members (excludes halogenated alkanes) is 2. The van der Waals surface area contributed by atoms with Gasteiger partial charge in [0.05, 0.1) is 24.8 Å². The van der Waals surface area contributed by atoms with E-state index in [0.29, 0.717) is 43.4 Å². The van der Waals surface area contributed by atoms with Crippen molar-refractivity contribution in [2.75, 3.05) is 40.4 Å². The minimum atomic E-state index is -0.708. The van der Waals surface area contributed by atoms with Gasteiger partial charge in [-0.15, -0.1) is 0 Å². The van der Waals surface area contributed by atoms with Gasteiger partial charge in [-0.05, 0) is 69.4 Å². The van der Waals surface area contributed by atoms with Gasteiger partial charge < -0.3 is 24.4 Å². The number of aliphatic hydroxyl groups is 1. The van der Waals surface area contributed by atoms with E-state index in [-0.39, 0.29) is 11.3 Å².